The molecule has 0 bridgehead atoms. The lowest BCUT2D eigenvalue weighted by Crippen LogP contribution is -2.46. The number of aliphatic hydroxyl groups excluding tert-OH is 1. The molecule has 0 radical (unpaired) electrons. The van der Waals surface area contributed by atoms with Gasteiger partial charge in [0.05, 0.1) is 29.0 Å². The maximum atomic E-state index is 14.7. The number of carbonyl (C=O) groups is 2. The molecule has 3 aliphatic heterocycles. The number of fused-ring (bicyclic) bond motifs is 2. The molecule has 2 fully saturated rings. The Bertz CT molecular complexity index is 1660. The molecule has 2 aromatic carbocycles. The lowest BCUT2D eigenvalue weighted by molar-refractivity contribution is -0.385. The summed E-state index contributed by atoms with van der Waals surface area (Å²) in [6.45, 7) is 6.76. The van der Waals surface area contributed by atoms with Crippen LogP contribution in [0.2, 0.25) is 18.6 Å². The molecule has 2 saturated heterocycles. The number of nitrogens with zero attached hydrogens (tertiary/aromatic N) is 6. The first-order valence-corrected chi connectivity index (χ1v) is 18.9. The average molecular weight is 649 g/mol. The van der Waals surface area contributed by atoms with Gasteiger partial charge in [0.25, 0.3) is 11.6 Å². The number of benzene rings is 2. The summed E-state index contributed by atoms with van der Waals surface area (Å²) in [6, 6.07) is 12.0. The second-order valence-corrected chi connectivity index (χ2v) is 17.1. The molecule has 4 atom stereocenters. The fourth-order valence-electron chi connectivity index (χ4n) is 7.63. The van der Waals surface area contributed by atoms with E-state index in [4.69, 9.17) is 4.74 Å². The molecule has 14 heteroatoms. The summed E-state index contributed by atoms with van der Waals surface area (Å²) in [6.07, 6.45) is 4.35. The van der Waals surface area contributed by atoms with Gasteiger partial charge in [-0.25, -0.2) is 0 Å². The van der Waals surface area contributed by atoms with Crippen molar-refractivity contribution in [2.75, 3.05) is 23.0 Å². The quantitative estimate of drug-likeness (QED) is 0.190. The zero-order chi connectivity index (χ0) is 32.8. The molecule has 3 aromatic rings. The molecule has 244 valence electrons. The minimum absolute atomic E-state index is 0.0400. The Hall–Kier alpha value is -3.98. The first kappa shape index (κ1) is 32.0. The van der Waals surface area contributed by atoms with Crippen LogP contribution < -0.4 is 9.80 Å². The third-order valence-corrected chi connectivity index (χ3v) is 12.2. The number of rotatable bonds is 10. The molecule has 0 unspecified atom stereocenters. The Balaban J connectivity index is 1.36. The number of nitro groups is 1. The number of non-ortho nitro benzene ring substituents is 1. The second-order valence-electron chi connectivity index (χ2n) is 13.1. The molecule has 0 aliphatic carbocycles. The summed E-state index contributed by atoms with van der Waals surface area (Å²) in [4.78, 5) is 53.8. The molecule has 13 nitrogen and oxygen atoms in total. The van der Waals surface area contributed by atoms with Gasteiger partial charge in [-0.15, -0.1) is 5.10 Å². The maximum absolute atomic E-state index is 14.7. The molecule has 46 heavy (non-hydrogen) atoms. The van der Waals surface area contributed by atoms with Crippen LogP contribution in [0.4, 0.5) is 17.1 Å². The Kier molecular flexibility index (Phi) is 8.56. The Morgan fingerprint density at radius 2 is 1.98 bits per heavy atom. The van der Waals surface area contributed by atoms with Gasteiger partial charge in [0.1, 0.15) is 0 Å². The predicted molar refractivity (Wildman–Crippen MR) is 172 cm³/mol. The van der Waals surface area contributed by atoms with Crippen molar-refractivity contribution in [3.05, 3.63) is 75.6 Å². The SMILES string of the molecule is C[C@@H]1[C@@H]([Si](C)(C)O)[C@H](CCn2cc(CCO)nn2)O[C@@]12C(=O)N(Cc1cccc(N3CCCCC3=O)c1)c1ccc([N+](=O)[O-])cc12. The van der Waals surface area contributed by atoms with Crippen LogP contribution in [0.3, 0.4) is 0 Å². The third kappa shape index (κ3) is 5.63. The van der Waals surface area contributed by atoms with Crippen molar-refractivity contribution in [1.29, 1.82) is 0 Å². The number of aryl methyl sites for hydroxylation is 1. The lowest BCUT2D eigenvalue weighted by Gasteiger charge is -2.32. The summed E-state index contributed by atoms with van der Waals surface area (Å²) in [5, 5.41) is 29.4. The summed E-state index contributed by atoms with van der Waals surface area (Å²) < 4.78 is 8.48. The van der Waals surface area contributed by atoms with E-state index in [0.717, 1.165) is 24.1 Å². The van der Waals surface area contributed by atoms with E-state index in [0.29, 0.717) is 49.3 Å². The number of carbonyl (C=O) groups excluding carboxylic acids is 2. The number of anilines is 2. The minimum Gasteiger partial charge on any atom is -0.432 e. The van der Waals surface area contributed by atoms with Crippen LogP contribution >= 0.6 is 0 Å². The van der Waals surface area contributed by atoms with Gasteiger partial charge in [-0.1, -0.05) is 24.3 Å². The molecule has 1 aromatic heterocycles. The van der Waals surface area contributed by atoms with Gasteiger partial charge < -0.3 is 24.4 Å². The zero-order valence-electron chi connectivity index (χ0n) is 26.3. The Morgan fingerprint density at radius 1 is 1.17 bits per heavy atom. The van der Waals surface area contributed by atoms with Gasteiger partial charge in [-0.2, -0.15) is 0 Å². The highest BCUT2D eigenvalue weighted by molar-refractivity contribution is 6.71. The number of amides is 2. The highest BCUT2D eigenvalue weighted by Gasteiger charge is 2.66. The largest absolute Gasteiger partial charge is 0.432 e. The van der Waals surface area contributed by atoms with E-state index >= 15 is 0 Å². The van der Waals surface area contributed by atoms with Crippen LogP contribution in [0.15, 0.2) is 48.7 Å². The average Bonchev–Trinajstić information content (AvgIpc) is 3.66. The van der Waals surface area contributed by atoms with Crippen molar-refractivity contribution in [3.8, 4) is 0 Å². The number of aromatic nitrogens is 3. The van der Waals surface area contributed by atoms with Crippen molar-refractivity contribution in [2.24, 2.45) is 5.92 Å². The number of nitro benzene ring substituents is 1. The highest BCUT2D eigenvalue weighted by atomic mass is 28.4. The van der Waals surface area contributed by atoms with E-state index in [1.54, 1.807) is 26.7 Å². The van der Waals surface area contributed by atoms with E-state index in [9.17, 15) is 29.6 Å². The van der Waals surface area contributed by atoms with E-state index in [-0.39, 0.29) is 36.2 Å². The van der Waals surface area contributed by atoms with Crippen molar-refractivity contribution in [3.63, 3.8) is 0 Å². The van der Waals surface area contributed by atoms with Crippen molar-refractivity contribution >= 4 is 37.2 Å². The predicted octanol–water partition coefficient (Wildman–Crippen LogP) is 3.67. The lowest BCUT2D eigenvalue weighted by atomic mass is 9.82. The summed E-state index contributed by atoms with van der Waals surface area (Å²) in [5.74, 6) is -0.735. The van der Waals surface area contributed by atoms with Gasteiger partial charge in [-0.05, 0) is 56.1 Å². The van der Waals surface area contributed by atoms with E-state index < -0.39 is 30.9 Å². The van der Waals surface area contributed by atoms with Crippen molar-refractivity contribution < 1.29 is 29.2 Å². The van der Waals surface area contributed by atoms with E-state index in [1.165, 1.54) is 12.1 Å². The molecule has 1 spiro atoms. The van der Waals surface area contributed by atoms with Gasteiger partial charge in [0, 0.05) is 73.6 Å². The molecule has 6 rings (SSSR count). The molecule has 3 aliphatic rings. The smallest absolute Gasteiger partial charge is 0.269 e. The Morgan fingerprint density at radius 3 is 2.70 bits per heavy atom. The number of piperidine rings is 1. The second kappa shape index (κ2) is 12.3. The summed E-state index contributed by atoms with van der Waals surface area (Å²) in [7, 11) is -2.95. The molecule has 4 heterocycles. The summed E-state index contributed by atoms with van der Waals surface area (Å²) in [5.41, 5.74) is 1.17. The van der Waals surface area contributed by atoms with Gasteiger partial charge >= 0.3 is 0 Å². The summed E-state index contributed by atoms with van der Waals surface area (Å²) >= 11 is 0. The standard InChI is InChI=1S/C32H40N6O7Si/c1-21-30(46(2,3)44)28(12-15-35-20-23(13-16-39)33-34-35)45-32(21)26-18-25(38(42)43)10-11-27(26)37(31(32)41)19-22-7-6-8-24(17-22)36-14-5-4-9-29(36)40/h6-8,10-11,17-18,20-21,28,30,39,44H,4-5,9,12-16,19H2,1-3H3/t21-,28+,30-,32+/m1/s1. The number of hydrogen-bond donors (Lipinski definition) is 2. The number of hydrogen-bond acceptors (Lipinski definition) is 9. The first-order chi connectivity index (χ1) is 21.9. The number of aliphatic hydroxyl groups is 1. The highest BCUT2D eigenvalue weighted by Crippen LogP contribution is 2.60. The molecular weight excluding hydrogens is 608 g/mol. The monoisotopic (exact) mass is 648 g/mol. The van der Waals surface area contributed by atoms with Crippen LogP contribution in [0.5, 0.6) is 0 Å². The van der Waals surface area contributed by atoms with Crippen LogP contribution in [0.25, 0.3) is 0 Å². The zero-order valence-corrected chi connectivity index (χ0v) is 27.3. The fraction of sp³-hybridized carbons (Fsp3) is 0.500. The molecule has 2 amide bonds. The third-order valence-electron chi connectivity index (χ3n) is 9.66. The van der Waals surface area contributed by atoms with E-state index in [2.05, 4.69) is 10.3 Å². The van der Waals surface area contributed by atoms with Gasteiger partial charge in [0.15, 0.2) is 13.9 Å². The van der Waals surface area contributed by atoms with Gasteiger partial charge in [-0.3, -0.25) is 24.4 Å². The van der Waals surface area contributed by atoms with Gasteiger partial charge in [0.2, 0.25) is 5.91 Å². The molecule has 0 saturated carbocycles. The molecular formula is C32H40N6O7Si. The van der Waals surface area contributed by atoms with Crippen LogP contribution in [0.1, 0.15) is 49.4 Å². The van der Waals surface area contributed by atoms with Crippen LogP contribution in [0, 0.1) is 16.0 Å². The van der Waals surface area contributed by atoms with E-state index in [1.807, 2.05) is 44.3 Å². The minimum atomic E-state index is -2.95. The normalized spacial score (nSPS) is 24.7. The van der Waals surface area contributed by atoms with Crippen LogP contribution in [-0.2, 0) is 39.4 Å². The first-order valence-electron chi connectivity index (χ1n) is 15.8. The maximum Gasteiger partial charge on any atom is 0.269 e. The fourth-order valence-corrected chi connectivity index (χ4v) is 10.2. The van der Waals surface area contributed by atoms with Crippen LogP contribution in [-0.4, -0.2) is 69.2 Å². The number of ether oxygens (including phenoxy) is 1. The topological polar surface area (TPSA) is 164 Å². The Labute approximate surface area is 268 Å². The molecule has 2 N–H and O–H groups in total. The van der Waals surface area contributed by atoms with Crippen molar-refractivity contribution in [1.82, 2.24) is 15.0 Å². The van der Waals surface area contributed by atoms with Crippen molar-refractivity contribution in [2.45, 2.75) is 82.5 Å².